The Morgan fingerprint density at radius 3 is 2.21 bits per heavy atom. The summed E-state index contributed by atoms with van der Waals surface area (Å²) in [6.45, 7) is 19.6. The Morgan fingerprint density at radius 2 is 1.60 bits per heavy atom. The summed E-state index contributed by atoms with van der Waals surface area (Å²) in [4.78, 5) is 54.4. The zero-order valence-electron chi connectivity index (χ0n) is 36.1. The lowest BCUT2D eigenvalue weighted by Crippen LogP contribution is -2.66. The number of hydrogen-bond donors (Lipinski definition) is 2. The third kappa shape index (κ3) is 7.21. The van der Waals surface area contributed by atoms with Crippen LogP contribution in [0.5, 0.6) is 0 Å². The van der Waals surface area contributed by atoms with Gasteiger partial charge in [0.1, 0.15) is 12.7 Å². The van der Waals surface area contributed by atoms with E-state index in [4.69, 9.17) is 21.1 Å². The van der Waals surface area contributed by atoms with E-state index >= 15 is 0 Å². The van der Waals surface area contributed by atoms with E-state index in [1.807, 2.05) is 12.1 Å². The predicted octanol–water partition coefficient (Wildman–Crippen LogP) is 9.07. The summed E-state index contributed by atoms with van der Waals surface area (Å²) in [6.07, 6.45) is 6.13. The molecule has 6 rings (SSSR count). The first-order valence-electron chi connectivity index (χ1n) is 21.4. The van der Waals surface area contributed by atoms with E-state index in [0.29, 0.717) is 29.8 Å². The van der Waals surface area contributed by atoms with Crippen molar-refractivity contribution in [1.82, 2.24) is 4.90 Å². The molecule has 0 radical (unpaired) electrons. The first-order valence-corrected chi connectivity index (χ1v) is 21.8. The average molecular weight is 811 g/mol. The number of allylic oxidation sites excluding steroid dienone is 1. The zero-order chi connectivity index (χ0) is 42.1. The zero-order valence-corrected chi connectivity index (χ0v) is 36.9. The molecule has 1 aromatic rings. The monoisotopic (exact) mass is 809 g/mol. The maximum atomic E-state index is 14.3. The van der Waals surface area contributed by atoms with Gasteiger partial charge in [0.25, 0.3) is 0 Å². The van der Waals surface area contributed by atoms with E-state index in [9.17, 15) is 29.4 Å². The Kier molecular flexibility index (Phi) is 11.8. The highest BCUT2D eigenvalue weighted by Gasteiger charge is 2.71. The Labute approximate surface area is 345 Å². The van der Waals surface area contributed by atoms with Gasteiger partial charge in [-0.15, -0.1) is 0 Å². The van der Waals surface area contributed by atoms with Crippen LogP contribution in [0.15, 0.2) is 35.4 Å². The summed E-state index contributed by atoms with van der Waals surface area (Å²) >= 11 is 6.17. The smallest absolute Gasteiger partial charge is 0.309 e. The second-order valence-electron chi connectivity index (χ2n) is 20.9. The molecule has 2 unspecified atom stereocenters. The molecule has 1 amide bonds. The van der Waals surface area contributed by atoms with Gasteiger partial charge < -0.3 is 24.6 Å². The SMILES string of the molecule is COCC(=O)N(Cc1ccc(Cl)cc1)CC(O)C12CC[C@]3(C)[C@H](CC[C@@H]4[C@@]5(C)CC[C@H](OC(=O)CC(C)(C)C(=O)O)C(C)(C)[C@@H]5CC[C@]43C)C1=C(C(C)C)C(=O)C2. The molecule has 5 aliphatic rings. The molecule has 9 nitrogen and oxygen atoms in total. The molecule has 1 aromatic carbocycles. The number of aliphatic carboxylic acids is 1. The highest BCUT2D eigenvalue weighted by molar-refractivity contribution is 6.30. The number of benzene rings is 1. The molecule has 4 fully saturated rings. The van der Waals surface area contributed by atoms with Gasteiger partial charge in [0.2, 0.25) is 5.91 Å². The maximum Gasteiger partial charge on any atom is 0.309 e. The van der Waals surface area contributed by atoms with E-state index in [-0.39, 0.29) is 77.3 Å². The number of aliphatic hydroxyl groups excluding tert-OH is 1. The van der Waals surface area contributed by atoms with Crippen molar-refractivity contribution in [3.8, 4) is 0 Å². The summed E-state index contributed by atoms with van der Waals surface area (Å²) in [6, 6.07) is 7.39. The fraction of sp³-hybridized carbons (Fsp3) is 0.745. The van der Waals surface area contributed by atoms with Crippen LogP contribution in [0.2, 0.25) is 5.02 Å². The van der Waals surface area contributed by atoms with Gasteiger partial charge in [0.15, 0.2) is 5.78 Å². The number of ketones is 1. The number of fused-ring (bicyclic) bond motifs is 7. The predicted molar refractivity (Wildman–Crippen MR) is 220 cm³/mol. The van der Waals surface area contributed by atoms with E-state index in [1.54, 1.807) is 30.9 Å². The van der Waals surface area contributed by atoms with Crippen molar-refractivity contribution in [3.63, 3.8) is 0 Å². The first kappa shape index (κ1) is 43.8. The minimum absolute atomic E-state index is 0.00635. The molecule has 10 heteroatoms. The Balaban J connectivity index is 1.30. The van der Waals surface area contributed by atoms with Crippen molar-refractivity contribution in [2.45, 2.75) is 145 Å². The lowest BCUT2D eigenvalue weighted by molar-refractivity contribution is -0.235. The molecule has 4 saturated carbocycles. The number of carbonyl (C=O) groups excluding carboxylic acids is 3. The maximum absolute atomic E-state index is 14.3. The van der Waals surface area contributed by atoms with E-state index < -0.39 is 28.9 Å². The van der Waals surface area contributed by atoms with Crippen LogP contribution < -0.4 is 0 Å². The summed E-state index contributed by atoms with van der Waals surface area (Å²) < 4.78 is 11.4. The summed E-state index contributed by atoms with van der Waals surface area (Å²) in [5, 5.41) is 22.8. The minimum Gasteiger partial charge on any atom is -0.481 e. The quantitative estimate of drug-likeness (QED) is 0.200. The molecule has 2 N–H and O–H groups in total. The Hall–Kier alpha value is -2.75. The molecule has 5 aliphatic carbocycles. The largest absolute Gasteiger partial charge is 0.481 e. The number of methoxy groups -OCH3 is 1. The molecular weight excluding hydrogens is 742 g/mol. The number of rotatable bonds is 12. The lowest BCUT2D eigenvalue weighted by Gasteiger charge is -2.72. The van der Waals surface area contributed by atoms with Gasteiger partial charge in [-0.2, -0.15) is 0 Å². The fourth-order valence-corrected chi connectivity index (χ4v) is 13.7. The number of hydrogen-bond acceptors (Lipinski definition) is 7. The van der Waals surface area contributed by atoms with Crippen LogP contribution in [0, 0.1) is 56.2 Å². The van der Waals surface area contributed by atoms with E-state index in [2.05, 4.69) is 48.5 Å². The molecule has 0 bridgehead atoms. The average Bonchev–Trinajstić information content (AvgIpc) is 3.43. The van der Waals surface area contributed by atoms with Crippen molar-refractivity contribution < 1.29 is 38.9 Å². The number of ether oxygens (including phenoxy) is 2. The number of halogens is 1. The Morgan fingerprint density at radius 1 is 0.930 bits per heavy atom. The van der Waals surface area contributed by atoms with Crippen molar-refractivity contribution in [3.05, 3.63) is 46.0 Å². The molecule has 0 heterocycles. The fourth-order valence-electron chi connectivity index (χ4n) is 13.6. The number of nitrogens with zero attached hydrogens (tertiary/aromatic N) is 1. The molecule has 0 aromatic heterocycles. The van der Waals surface area contributed by atoms with Crippen LogP contribution >= 0.6 is 11.6 Å². The van der Waals surface area contributed by atoms with Gasteiger partial charge in [-0.3, -0.25) is 19.2 Å². The van der Waals surface area contributed by atoms with Gasteiger partial charge >= 0.3 is 11.9 Å². The summed E-state index contributed by atoms with van der Waals surface area (Å²) in [7, 11) is 1.50. The highest BCUT2D eigenvalue weighted by atomic mass is 35.5. The van der Waals surface area contributed by atoms with Crippen molar-refractivity contribution in [2.75, 3.05) is 20.3 Å². The lowest BCUT2D eigenvalue weighted by atomic mass is 9.33. The van der Waals surface area contributed by atoms with Crippen molar-refractivity contribution >= 4 is 35.2 Å². The third-order valence-corrected chi connectivity index (χ3v) is 17.1. The van der Waals surface area contributed by atoms with Crippen molar-refractivity contribution in [1.29, 1.82) is 0 Å². The normalized spacial score (nSPS) is 35.1. The van der Waals surface area contributed by atoms with Gasteiger partial charge in [-0.25, -0.2) is 0 Å². The second-order valence-corrected chi connectivity index (χ2v) is 21.3. The number of carboxylic acids is 1. The van der Waals surface area contributed by atoms with E-state index in [1.165, 1.54) is 12.7 Å². The number of esters is 1. The molecule has 57 heavy (non-hydrogen) atoms. The summed E-state index contributed by atoms with van der Waals surface area (Å²) in [5.41, 5.74) is 0.615. The highest BCUT2D eigenvalue weighted by Crippen LogP contribution is 2.77. The van der Waals surface area contributed by atoms with Gasteiger partial charge in [-0.1, -0.05) is 77.8 Å². The van der Waals surface area contributed by atoms with Crippen LogP contribution in [0.1, 0.15) is 132 Å². The van der Waals surface area contributed by atoms with Crippen LogP contribution in [-0.4, -0.2) is 71.2 Å². The number of Topliss-reactive ketones (excluding diaryl/α,β-unsaturated/α-hetero) is 1. The number of carboxylic acid groups (broad SMARTS) is 1. The molecule has 316 valence electrons. The standard InChI is InChI=1S/C47H68ClNO8/c1-28(2)39-32(50)23-47(35(51)26-49(37(52)27-56-10)25-29-11-13-30(48)14-12-29)22-21-45(8)31(40(39)47)15-16-34-44(7)19-18-36(57-38(53)24-42(3,4)41(54)55)43(5,6)33(44)17-20-46(34,45)9/h11-14,28,31,33-36,51H,15-27H2,1-10H3,(H,54,55)/t31-,33+,34-,35?,36+,44+,45-,46-,47?/m1/s1. The van der Waals surface area contributed by atoms with E-state index in [0.717, 1.165) is 56.1 Å². The molecule has 0 saturated heterocycles. The topological polar surface area (TPSA) is 130 Å². The molecule has 0 spiro atoms. The number of aliphatic hydroxyl groups is 1. The first-order chi connectivity index (χ1) is 26.5. The second kappa shape index (κ2) is 15.4. The van der Waals surface area contributed by atoms with Gasteiger partial charge in [0.05, 0.1) is 17.9 Å². The minimum atomic E-state index is -1.19. The molecular formula is C47H68ClNO8. The van der Waals surface area contributed by atoms with Crippen LogP contribution in [0.3, 0.4) is 0 Å². The molecule has 9 atom stereocenters. The number of amides is 1. The van der Waals surface area contributed by atoms with Crippen LogP contribution in [0.25, 0.3) is 0 Å². The van der Waals surface area contributed by atoms with Crippen LogP contribution in [-0.2, 0) is 35.2 Å². The van der Waals surface area contributed by atoms with Crippen LogP contribution in [0.4, 0.5) is 0 Å². The third-order valence-electron chi connectivity index (χ3n) is 16.8. The van der Waals surface area contributed by atoms with Crippen molar-refractivity contribution in [2.24, 2.45) is 56.2 Å². The van der Waals surface area contributed by atoms with Gasteiger partial charge in [0, 0.05) is 42.5 Å². The number of carbonyl (C=O) groups is 4. The summed E-state index contributed by atoms with van der Waals surface area (Å²) in [5.74, 6) is -0.630. The van der Waals surface area contributed by atoms with Gasteiger partial charge in [-0.05, 0) is 128 Å². The molecule has 0 aliphatic heterocycles. The Bertz CT molecular complexity index is 1780.